The summed E-state index contributed by atoms with van der Waals surface area (Å²) in [5.41, 5.74) is 0.296. The molecule has 0 aliphatic heterocycles. The van der Waals surface area contributed by atoms with E-state index in [-0.39, 0.29) is 21.7 Å². The summed E-state index contributed by atoms with van der Waals surface area (Å²) in [5.74, 6) is -1.21. The molecule has 0 unspecified atom stereocenters. The second kappa shape index (κ2) is 5.60. The van der Waals surface area contributed by atoms with Gasteiger partial charge in [-0.15, -0.1) is 11.3 Å². The fraction of sp³-hybridized carbons (Fsp3) is 0.583. The fourth-order valence-corrected chi connectivity index (χ4v) is 4.27. The molecule has 0 saturated carbocycles. The SMILES string of the molecule is CCC(C)(C)CNS(=O)(=O)c1c(C)csc1C(=O)O. The van der Waals surface area contributed by atoms with Crippen LogP contribution in [0.25, 0.3) is 0 Å². The molecule has 108 valence electrons. The van der Waals surface area contributed by atoms with E-state index in [2.05, 4.69) is 4.72 Å². The van der Waals surface area contributed by atoms with Crippen LogP contribution in [0.4, 0.5) is 0 Å². The molecule has 2 N–H and O–H groups in total. The lowest BCUT2D eigenvalue weighted by Gasteiger charge is -2.22. The highest BCUT2D eigenvalue weighted by Gasteiger charge is 2.28. The van der Waals surface area contributed by atoms with Crippen molar-refractivity contribution in [1.82, 2.24) is 4.72 Å². The Labute approximate surface area is 117 Å². The zero-order valence-corrected chi connectivity index (χ0v) is 13.1. The van der Waals surface area contributed by atoms with Crippen molar-refractivity contribution >= 4 is 27.3 Å². The number of nitrogens with one attached hydrogen (secondary N) is 1. The third kappa shape index (κ3) is 3.77. The van der Waals surface area contributed by atoms with Crippen molar-refractivity contribution in [3.05, 3.63) is 15.8 Å². The lowest BCUT2D eigenvalue weighted by atomic mass is 9.91. The van der Waals surface area contributed by atoms with Crippen LogP contribution < -0.4 is 4.72 Å². The van der Waals surface area contributed by atoms with Gasteiger partial charge in [0.05, 0.1) is 0 Å². The van der Waals surface area contributed by atoms with Crippen LogP contribution in [-0.2, 0) is 10.0 Å². The van der Waals surface area contributed by atoms with Gasteiger partial charge in [0.25, 0.3) is 0 Å². The Morgan fingerprint density at radius 1 is 1.47 bits per heavy atom. The Morgan fingerprint density at radius 2 is 2.05 bits per heavy atom. The summed E-state index contributed by atoms with van der Waals surface area (Å²) in [7, 11) is -3.79. The highest BCUT2D eigenvalue weighted by molar-refractivity contribution is 7.89. The van der Waals surface area contributed by atoms with Gasteiger partial charge in [-0.3, -0.25) is 0 Å². The van der Waals surface area contributed by atoms with Gasteiger partial charge in [0, 0.05) is 6.54 Å². The number of sulfonamides is 1. The molecule has 1 heterocycles. The average molecular weight is 305 g/mol. The molecule has 19 heavy (non-hydrogen) atoms. The molecule has 1 rings (SSSR count). The second-order valence-electron chi connectivity index (χ2n) is 5.22. The predicted octanol–water partition coefficient (Wildman–Crippen LogP) is 2.47. The monoisotopic (exact) mass is 305 g/mol. The molecule has 0 aliphatic rings. The molecule has 1 aromatic heterocycles. The van der Waals surface area contributed by atoms with Crippen LogP contribution in [0.15, 0.2) is 10.3 Å². The molecule has 0 radical (unpaired) electrons. The number of carboxylic acid groups (broad SMARTS) is 1. The second-order valence-corrected chi connectivity index (χ2v) is 7.81. The zero-order chi connectivity index (χ0) is 14.8. The van der Waals surface area contributed by atoms with Crippen LogP contribution in [0.1, 0.15) is 42.4 Å². The highest BCUT2D eigenvalue weighted by Crippen LogP contribution is 2.27. The van der Waals surface area contributed by atoms with E-state index in [4.69, 9.17) is 5.11 Å². The molecule has 0 aromatic carbocycles. The minimum absolute atomic E-state index is 0.114. The number of hydrogen-bond acceptors (Lipinski definition) is 4. The molecule has 7 heteroatoms. The van der Waals surface area contributed by atoms with Crippen LogP contribution in [0.2, 0.25) is 0 Å². The smallest absolute Gasteiger partial charge is 0.347 e. The summed E-state index contributed by atoms with van der Waals surface area (Å²) in [6, 6.07) is 0. The Bertz CT molecular complexity index is 573. The first-order valence-electron chi connectivity index (χ1n) is 5.92. The van der Waals surface area contributed by atoms with E-state index in [1.54, 1.807) is 12.3 Å². The Morgan fingerprint density at radius 3 is 2.53 bits per heavy atom. The first kappa shape index (κ1) is 16.1. The summed E-state index contributed by atoms with van der Waals surface area (Å²) >= 11 is 0.932. The topological polar surface area (TPSA) is 83.5 Å². The minimum Gasteiger partial charge on any atom is -0.477 e. The van der Waals surface area contributed by atoms with Gasteiger partial charge < -0.3 is 5.11 Å². The number of hydrogen-bond donors (Lipinski definition) is 2. The minimum atomic E-state index is -3.79. The summed E-state index contributed by atoms with van der Waals surface area (Å²) in [5, 5.41) is 10.6. The quantitative estimate of drug-likeness (QED) is 0.845. The van der Waals surface area contributed by atoms with Crippen LogP contribution in [0, 0.1) is 12.3 Å². The highest BCUT2D eigenvalue weighted by atomic mass is 32.2. The van der Waals surface area contributed by atoms with Crippen LogP contribution in [0.3, 0.4) is 0 Å². The molecule has 0 fully saturated rings. The summed E-state index contributed by atoms with van der Waals surface area (Å²) in [6.45, 7) is 7.76. The van der Waals surface area contributed by atoms with E-state index in [1.807, 2.05) is 20.8 Å². The summed E-state index contributed by atoms with van der Waals surface area (Å²) in [4.78, 5) is 10.8. The molecule has 1 aromatic rings. The molecule has 0 spiro atoms. The van der Waals surface area contributed by atoms with Crippen LogP contribution >= 0.6 is 11.3 Å². The largest absolute Gasteiger partial charge is 0.477 e. The van der Waals surface area contributed by atoms with E-state index in [1.165, 1.54) is 0 Å². The van der Waals surface area contributed by atoms with Crippen molar-refractivity contribution in [2.75, 3.05) is 6.54 Å². The van der Waals surface area contributed by atoms with E-state index in [0.717, 1.165) is 17.8 Å². The first-order chi connectivity index (χ1) is 8.60. The van der Waals surface area contributed by atoms with Crippen LogP contribution in [-0.4, -0.2) is 26.0 Å². The standard InChI is InChI=1S/C12H19NO4S2/c1-5-12(3,4)7-13-19(16,17)10-8(2)6-18-9(10)11(14)15/h6,13H,5,7H2,1-4H3,(H,14,15). The lowest BCUT2D eigenvalue weighted by Crippen LogP contribution is -2.34. The first-order valence-corrected chi connectivity index (χ1v) is 8.28. The van der Waals surface area contributed by atoms with E-state index in [9.17, 15) is 13.2 Å². The number of aromatic carboxylic acids is 1. The van der Waals surface area contributed by atoms with Crippen molar-refractivity contribution in [1.29, 1.82) is 0 Å². The molecule has 0 saturated heterocycles. The maximum absolute atomic E-state index is 12.2. The molecule has 0 atom stereocenters. The Hall–Kier alpha value is -0.920. The zero-order valence-electron chi connectivity index (χ0n) is 11.5. The normalized spacial score (nSPS) is 12.6. The van der Waals surface area contributed by atoms with E-state index >= 15 is 0 Å². The van der Waals surface area contributed by atoms with Gasteiger partial charge in [-0.1, -0.05) is 20.8 Å². The number of carbonyl (C=O) groups is 1. The molecular formula is C12H19NO4S2. The molecular weight excluding hydrogens is 286 g/mol. The van der Waals surface area contributed by atoms with Gasteiger partial charge in [0.2, 0.25) is 10.0 Å². The van der Waals surface area contributed by atoms with Crippen molar-refractivity contribution < 1.29 is 18.3 Å². The molecule has 0 amide bonds. The number of carboxylic acids is 1. The summed E-state index contributed by atoms with van der Waals surface area (Å²) in [6.07, 6.45) is 0.823. The maximum Gasteiger partial charge on any atom is 0.347 e. The molecule has 0 bridgehead atoms. The number of thiophene rings is 1. The average Bonchev–Trinajstić information content (AvgIpc) is 2.70. The van der Waals surface area contributed by atoms with Gasteiger partial charge in [0.1, 0.15) is 9.77 Å². The third-order valence-corrected chi connectivity index (χ3v) is 5.88. The predicted molar refractivity (Wildman–Crippen MR) is 75.3 cm³/mol. The van der Waals surface area contributed by atoms with Crippen molar-refractivity contribution in [2.24, 2.45) is 5.41 Å². The molecule has 5 nitrogen and oxygen atoms in total. The van der Waals surface area contributed by atoms with Gasteiger partial charge in [-0.2, -0.15) is 0 Å². The van der Waals surface area contributed by atoms with Crippen molar-refractivity contribution in [3.63, 3.8) is 0 Å². The van der Waals surface area contributed by atoms with E-state index < -0.39 is 16.0 Å². The van der Waals surface area contributed by atoms with Gasteiger partial charge in [-0.05, 0) is 29.7 Å². The Balaban J connectivity index is 3.08. The number of aryl methyl sites for hydroxylation is 1. The van der Waals surface area contributed by atoms with Crippen LogP contribution in [0.5, 0.6) is 0 Å². The fourth-order valence-electron chi connectivity index (χ4n) is 1.40. The number of rotatable bonds is 6. The van der Waals surface area contributed by atoms with E-state index in [0.29, 0.717) is 5.56 Å². The van der Waals surface area contributed by atoms with Crippen molar-refractivity contribution in [2.45, 2.75) is 39.0 Å². The van der Waals surface area contributed by atoms with Gasteiger partial charge in [-0.25, -0.2) is 17.9 Å². The third-order valence-electron chi connectivity index (χ3n) is 3.08. The maximum atomic E-state index is 12.2. The van der Waals surface area contributed by atoms with Gasteiger partial charge in [0.15, 0.2) is 0 Å². The summed E-state index contributed by atoms with van der Waals surface area (Å²) < 4.78 is 27.0. The Kier molecular flexibility index (Phi) is 4.76. The van der Waals surface area contributed by atoms with Gasteiger partial charge >= 0.3 is 5.97 Å². The lowest BCUT2D eigenvalue weighted by molar-refractivity contribution is 0.0698. The van der Waals surface area contributed by atoms with Crippen molar-refractivity contribution in [3.8, 4) is 0 Å². The molecule has 0 aliphatic carbocycles.